The molecule has 0 bridgehead atoms. The van der Waals surface area contributed by atoms with Gasteiger partial charge in [-0.25, -0.2) is 0 Å². The van der Waals surface area contributed by atoms with Crippen molar-refractivity contribution in [3.05, 3.63) is 84.9 Å². The molecule has 0 fully saturated rings. The quantitative estimate of drug-likeness (QED) is 0.542. The Morgan fingerprint density at radius 2 is 0.806 bits per heavy atom. The monoisotopic (exact) mass is 468 g/mol. The van der Waals surface area contributed by atoms with Crippen LogP contribution < -0.4 is 31.6 Å². The second kappa shape index (κ2) is 13.9. The van der Waals surface area contributed by atoms with Gasteiger partial charge in [0, 0.05) is 56.0 Å². The van der Waals surface area contributed by atoms with Crippen molar-refractivity contribution in [2.24, 2.45) is 0 Å². The molecule has 0 N–H and O–H groups in total. The molecule has 167 valence electrons. The van der Waals surface area contributed by atoms with E-state index in [0.717, 1.165) is 18.2 Å². The van der Waals surface area contributed by atoms with Gasteiger partial charge in [0.2, 0.25) is 0 Å². The Labute approximate surface area is 189 Å². The molecule has 0 aliphatic rings. The van der Waals surface area contributed by atoms with E-state index in [1.807, 2.05) is 0 Å². The van der Waals surface area contributed by atoms with Crippen molar-refractivity contribution in [2.75, 3.05) is 0 Å². The molecule has 3 heterocycles. The first kappa shape index (κ1) is 27.8. The van der Waals surface area contributed by atoms with Gasteiger partial charge in [-0.05, 0) is 17.2 Å². The van der Waals surface area contributed by atoms with Crippen molar-refractivity contribution in [1.82, 2.24) is 0 Å². The molecule has 10 heteroatoms. The van der Waals surface area contributed by atoms with E-state index in [0.29, 0.717) is 19.3 Å². The van der Waals surface area contributed by atoms with Gasteiger partial charge in [0.1, 0.15) is 0 Å². The van der Waals surface area contributed by atoms with Gasteiger partial charge in [0.15, 0.2) is 16.3 Å². The topological polar surface area (TPSA) is 160 Å². The first-order chi connectivity index (χ1) is 14.3. The zero-order valence-electron chi connectivity index (χ0n) is 17.2. The van der Waals surface area contributed by atoms with Crippen LogP contribution in [0.4, 0.5) is 0 Å². The van der Waals surface area contributed by atoms with Crippen LogP contribution >= 0.6 is 0 Å². The van der Waals surface area contributed by atoms with Gasteiger partial charge in [0.25, 0.3) is 0 Å². The van der Waals surface area contributed by atoms with E-state index >= 15 is 0 Å². The largest absolute Gasteiger partial charge is 0.868 e. The van der Waals surface area contributed by atoms with Crippen LogP contribution in [-0.2, 0) is 37.8 Å². The molecule has 0 aromatic carbocycles. The maximum absolute atomic E-state index is 10.8. The van der Waals surface area contributed by atoms with Crippen molar-refractivity contribution < 1.29 is 47.1 Å². The van der Waals surface area contributed by atoms with Gasteiger partial charge in [-0.3, -0.25) is 14.4 Å². The van der Waals surface area contributed by atoms with Crippen molar-refractivity contribution in [2.45, 2.75) is 40.0 Å². The fraction of sp³-hybridized carbons (Fsp3) is 0.286. The molecule has 3 rings (SSSR count). The Hall–Kier alpha value is -3.17. The molecule has 0 amide bonds. The van der Waals surface area contributed by atoms with Gasteiger partial charge in [-0.2, -0.15) is 0 Å². The van der Waals surface area contributed by atoms with Crippen LogP contribution in [0.15, 0.2) is 64.6 Å². The first-order valence-electron chi connectivity index (χ1n) is 9.09. The van der Waals surface area contributed by atoms with Crippen molar-refractivity contribution in [3.8, 4) is 17.2 Å². The van der Waals surface area contributed by atoms with E-state index in [-0.39, 0.29) is 35.8 Å². The molecule has 0 atom stereocenters. The summed E-state index contributed by atoms with van der Waals surface area (Å²) in [6.45, 7) is 5.29. The summed E-state index contributed by atoms with van der Waals surface area (Å²) in [5.41, 5.74) is -1.49. The van der Waals surface area contributed by atoms with Crippen LogP contribution in [0.5, 0.6) is 17.2 Å². The third kappa shape index (κ3) is 8.23. The predicted octanol–water partition coefficient (Wildman–Crippen LogP) is 0.825. The van der Waals surface area contributed by atoms with Gasteiger partial charge >= 0.3 is 0 Å². The van der Waals surface area contributed by atoms with Crippen LogP contribution in [0, 0.1) is 0 Å². The minimum Gasteiger partial charge on any atom is -0.868 e. The second-order valence-electron chi connectivity index (χ2n) is 5.67. The summed E-state index contributed by atoms with van der Waals surface area (Å²) in [6, 6.07) is 3.38. The number of rotatable bonds is 3. The summed E-state index contributed by atoms with van der Waals surface area (Å²) in [5.74, 6) is -0.882. The molecular formula is C21H21O9V-3. The molecule has 0 aliphatic heterocycles. The number of hydrogen-bond donors (Lipinski definition) is 0. The van der Waals surface area contributed by atoms with Crippen LogP contribution in [0.25, 0.3) is 0 Å². The minimum absolute atomic E-state index is 0. The Kier molecular flexibility index (Phi) is 12.5. The smallest absolute Gasteiger partial charge is 0.177 e. The Bertz CT molecular complexity index is 971. The summed E-state index contributed by atoms with van der Waals surface area (Å²) >= 11 is 0. The van der Waals surface area contributed by atoms with E-state index in [1.54, 1.807) is 20.8 Å². The molecule has 3 aromatic heterocycles. The molecule has 1 radical (unpaired) electrons. The van der Waals surface area contributed by atoms with Crippen molar-refractivity contribution >= 4 is 0 Å². The van der Waals surface area contributed by atoms with E-state index in [1.165, 1.54) is 18.8 Å². The van der Waals surface area contributed by atoms with Crippen LogP contribution in [0.1, 0.15) is 38.1 Å². The third-order valence-electron chi connectivity index (χ3n) is 3.68. The fourth-order valence-corrected chi connectivity index (χ4v) is 2.07. The molecule has 9 nitrogen and oxygen atoms in total. The molecular weight excluding hydrogens is 447 g/mol. The van der Waals surface area contributed by atoms with Crippen molar-refractivity contribution in [1.29, 1.82) is 0 Å². The summed E-state index contributed by atoms with van der Waals surface area (Å²) in [7, 11) is 0. The Balaban J connectivity index is 0.000000429. The summed E-state index contributed by atoms with van der Waals surface area (Å²) < 4.78 is 14.3. The number of hydrogen-bond acceptors (Lipinski definition) is 9. The predicted molar refractivity (Wildman–Crippen MR) is 101 cm³/mol. The molecule has 0 spiro atoms. The average Bonchev–Trinajstić information content (AvgIpc) is 2.75. The Morgan fingerprint density at radius 1 is 0.581 bits per heavy atom. The minimum atomic E-state index is -0.523. The van der Waals surface area contributed by atoms with Gasteiger partial charge in [0.05, 0.1) is 36.1 Å². The van der Waals surface area contributed by atoms with Gasteiger partial charge in [-0.1, -0.05) is 20.8 Å². The zero-order valence-corrected chi connectivity index (χ0v) is 18.6. The normalized spacial score (nSPS) is 9.39. The van der Waals surface area contributed by atoms with E-state index in [2.05, 4.69) is 0 Å². The van der Waals surface area contributed by atoms with Gasteiger partial charge < -0.3 is 28.6 Å². The maximum Gasteiger partial charge on any atom is 0.177 e. The summed E-state index contributed by atoms with van der Waals surface area (Å²) in [5, 5.41) is 32.4. The summed E-state index contributed by atoms with van der Waals surface area (Å²) in [4.78, 5) is 31.9. The molecule has 0 saturated carbocycles. The molecule has 0 aliphatic carbocycles. The second-order valence-corrected chi connectivity index (χ2v) is 5.67. The van der Waals surface area contributed by atoms with Gasteiger partial charge in [-0.15, -0.1) is 0 Å². The van der Waals surface area contributed by atoms with E-state index < -0.39 is 33.5 Å². The van der Waals surface area contributed by atoms with E-state index in [9.17, 15) is 29.7 Å². The Morgan fingerprint density at radius 3 is 0.968 bits per heavy atom. The molecule has 0 unspecified atom stereocenters. The molecule has 31 heavy (non-hydrogen) atoms. The van der Waals surface area contributed by atoms with Crippen LogP contribution in [0.3, 0.4) is 0 Å². The first-order valence-corrected chi connectivity index (χ1v) is 9.09. The average molecular weight is 468 g/mol. The third-order valence-corrected chi connectivity index (χ3v) is 3.68. The maximum atomic E-state index is 10.8. The fourth-order valence-electron chi connectivity index (χ4n) is 2.07. The summed E-state index contributed by atoms with van der Waals surface area (Å²) in [6.07, 6.45) is 5.12. The van der Waals surface area contributed by atoms with Crippen LogP contribution in [-0.4, -0.2) is 0 Å². The zero-order chi connectivity index (χ0) is 22.7. The van der Waals surface area contributed by atoms with Crippen molar-refractivity contribution in [3.63, 3.8) is 0 Å². The standard InChI is InChI=1S/3C7H8O3.V/c3*1-2-6-7(9)5(8)3-4-10-6;/h3*3-4,9H,2H2,1H3;/p-3. The molecule has 3 aromatic rings. The SMILES string of the molecule is CCc1occc(=O)c1[O-].CCc1occc(=O)c1[O-].CCc1occc(=O)c1[O-].[V]. The van der Waals surface area contributed by atoms with E-state index in [4.69, 9.17) is 13.3 Å². The van der Waals surface area contributed by atoms with Crippen LogP contribution in [0.2, 0.25) is 0 Å². The molecule has 0 saturated heterocycles. The number of aryl methyl sites for hydroxylation is 3.